The third kappa shape index (κ3) is 4.29. The van der Waals surface area contributed by atoms with Crippen molar-refractivity contribution >= 4 is 61.6 Å². The summed E-state index contributed by atoms with van der Waals surface area (Å²) in [6, 6.07) is 19.3. The van der Waals surface area contributed by atoms with Gasteiger partial charge in [0.05, 0.1) is 16.0 Å². The number of benzene rings is 3. The largest absolute Gasteiger partial charge is 0.342 e. The van der Waals surface area contributed by atoms with Crippen molar-refractivity contribution in [3.8, 4) is 0 Å². The van der Waals surface area contributed by atoms with E-state index in [-0.39, 0.29) is 11.8 Å². The van der Waals surface area contributed by atoms with Crippen molar-refractivity contribution in [3.05, 3.63) is 66.2 Å². The van der Waals surface area contributed by atoms with Crippen molar-refractivity contribution in [1.29, 1.82) is 0 Å². The molecule has 5 nitrogen and oxygen atoms in total. The van der Waals surface area contributed by atoms with Gasteiger partial charge in [-0.25, -0.2) is 4.98 Å². The SMILES string of the molecule is O=C(Nc1ccc2nc(SCC(=O)N3CCCC3)sc2c1)c1cccc2ccccc12. The second-order valence-corrected chi connectivity index (χ2v) is 9.77. The zero-order valence-electron chi connectivity index (χ0n) is 16.8. The molecule has 0 saturated carbocycles. The lowest BCUT2D eigenvalue weighted by Crippen LogP contribution is -2.29. The number of likely N-dealkylation sites (tertiary alicyclic amines) is 1. The minimum atomic E-state index is -0.133. The first kappa shape index (κ1) is 20.0. The maximum Gasteiger partial charge on any atom is 0.256 e. The van der Waals surface area contributed by atoms with E-state index in [2.05, 4.69) is 10.3 Å². The Morgan fingerprint density at radius 3 is 2.71 bits per heavy atom. The average Bonchev–Trinajstić information content (AvgIpc) is 3.47. The number of nitrogens with zero attached hydrogens (tertiary/aromatic N) is 2. The number of nitrogens with one attached hydrogen (secondary N) is 1. The molecule has 0 spiro atoms. The van der Waals surface area contributed by atoms with Gasteiger partial charge in [0.15, 0.2) is 4.34 Å². The monoisotopic (exact) mass is 447 g/mol. The highest BCUT2D eigenvalue weighted by molar-refractivity contribution is 8.01. The molecule has 31 heavy (non-hydrogen) atoms. The predicted molar refractivity (Wildman–Crippen MR) is 128 cm³/mol. The number of fused-ring (bicyclic) bond motifs is 2. The van der Waals surface area contributed by atoms with Gasteiger partial charge < -0.3 is 10.2 Å². The summed E-state index contributed by atoms with van der Waals surface area (Å²) in [5, 5.41) is 4.98. The van der Waals surface area contributed by atoms with Crippen LogP contribution < -0.4 is 5.32 Å². The second kappa shape index (κ2) is 8.69. The van der Waals surface area contributed by atoms with E-state index in [9.17, 15) is 9.59 Å². The van der Waals surface area contributed by atoms with Crippen LogP contribution >= 0.6 is 23.1 Å². The third-order valence-corrected chi connectivity index (χ3v) is 7.58. The van der Waals surface area contributed by atoms with Gasteiger partial charge in [0.2, 0.25) is 5.91 Å². The van der Waals surface area contributed by atoms with Crippen LogP contribution in [0.15, 0.2) is 65.0 Å². The van der Waals surface area contributed by atoms with Crippen LogP contribution in [0.1, 0.15) is 23.2 Å². The third-order valence-electron chi connectivity index (χ3n) is 5.44. The Bertz CT molecular complexity index is 1270. The first-order chi connectivity index (χ1) is 15.2. The minimum Gasteiger partial charge on any atom is -0.342 e. The zero-order valence-corrected chi connectivity index (χ0v) is 18.5. The van der Waals surface area contributed by atoms with Crippen LogP contribution in [0.25, 0.3) is 21.0 Å². The van der Waals surface area contributed by atoms with Gasteiger partial charge >= 0.3 is 0 Å². The molecular weight excluding hydrogens is 426 g/mol. The Hall–Kier alpha value is -2.90. The first-order valence-corrected chi connectivity index (χ1v) is 12.1. The minimum absolute atomic E-state index is 0.133. The van der Waals surface area contributed by atoms with Gasteiger partial charge in [0.25, 0.3) is 5.91 Å². The molecule has 0 bridgehead atoms. The predicted octanol–water partition coefficient (Wildman–Crippen LogP) is 5.42. The van der Waals surface area contributed by atoms with E-state index in [1.54, 1.807) is 11.3 Å². The molecule has 4 aromatic rings. The summed E-state index contributed by atoms with van der Waals surface area (Å²) in [4.78, 5) is 31.7. The summed E-state index contributed by atoms with van der Waals surface area (Å²) in [7, 11) is 0. The summed E-state index contributed by atoms with van der Waals surface area (Å²) in [6.45, 7) is 1.75. The molecule has 7 heteroatoms. The fourth-order valence-corrected chi connectivity index (χ4v) is 5.86. The van der Waals surface area contributed by atoms with E-state index in [0.717, 1.165) is 56.9 Å². The van der Waals surface area contributed by atoms with Crippen molar-refractivity contribution in [2.24, 2.45) is 0 Å². The molecule has 5 rings (SSSR count). The van der Waals surface area contributed by atoms with Crippen molar-refractivity contribution in [2.45, 2.75) is 17.2 Å². The number of carbonyl (C=O) groups is 2. The van der Waals surface area contributed by atoms with Crippen molar-refractivity contribution < 1.29 is 9.59 Å². The molecular formula is C24H21N3O2S2. The molecule has 156 valence electrons. The molecule has 0 radical (unpaired) electrons. The highest BCUT2D eigenvalue weighted by atomic mass is 32.2. The maximum absolute atomic E-state index is 12.9. The number of rotatable bonds is 5. The quantitative estimate of drug-likeness (QED) is 0.415. The molecule has 3 aromatic carbocycles. The fraction of sp³-hybridized carbons (Fsp3) is 0.208. The Morgan fingerprint density at radius 1 is 1.03 bits per heavy atom. The van der Waals surface area contributed by atoms with Crippen LogP contribution in [0.4, 0.5) is 5.69 Å². The van der Waals surface area contributed by atoms with Crippen LogP contribution in [-0.2, 0) is 4.79 Å². The van der Waals surface area contributed by atoms with Crippen molar-refractivity contribution in [1.82, 2.24) is 9.88 Å². The van der Waals surface area contributed by atoms with Gasteiger partial charge in [-0.1, -0.05) is 48.2 Å². The summed E-state index contributed by atoms with van der Waals surface area (Å²) < 4.78 is 1.87. The summed E-state index contributed by atoms with van der Waals surface area (Å²) in [6.07, 6.45) is 2.20. The van der Waals surface area contributed by atoms with Crippen LogP contribution in [-0.4, -0.2) is 40.5 Å². The Balaban J connectivity index is 1.30. The maximum atomic E-state index is 12.9. The highest BCUT2D eigenvalue weighted by Crippen LogP contribution is 2.32. The number of anilines is 1. The van der Waals surface area contributed by atoms with E-state index in [0.29, 0.717) is 11.3 Å². The molecule has 2 amide bonds. The van der Waals surface area contributed by atoms with Crippen LogP contribution in [0.5, 0.6) is 0 Å². The standard InChI is InChI=1S/C24H21N3O2S2/c28-22(27-12-3-4-13-27)15-30-24-26-20-11-10-17(14-21(20)31-24)25-23(29)19-9-5-7-16-6-1-2-8-18(16)19/h1-2,5-11,14H,3-4,12-13,15H2,(H,25,29). The number of hydrogen-bond acceptors (Lipinski definition) is 5. The Morgan fingerprint density at radius 2 is 1.84 bits per heavy atom. The second-order valence-electron chi connectivity index (χ2n) is 7.52. The van der Waals surface area contributed by atoms with E-state index in [4.69, 9.17) is 0 Å². The van der Waals surface area contributed by atoms with E-state index >= 15 is 0 Å². The molecule has 1 aliphatic heterocycles. The van der Waals surface area contributed by atoms with Crippen molar-refractivity contribution in [3.63, 3.8) is 0 Å². The van der Waals surface area contributed by atoms with E-state index < -0.39 is 0 Å². The first-order valence-electron chi connectivity index (χ1n) is 10.3. The molecule has 1 aliphatic rings. The van der Waals surface area contributed by atoms with Crippen LogP contribution in [0.3, 0.4) is 0 Å². The lowest BCUT2D eigenvalue weighted by atomic mass is 10.0. The molecule has 0 unspecified atom stereocenters. The number of carbonyl (C=O) groups excluding carboxylic acids is 2. The molecule has 0 aliphatic carbocycles. The topological polar surface area (TPSA) is 62.3 Å². The van der Waals surface area contributed by atoms with Gasteiger partial charge in [0, 0.05) is 24.3 Å². The molecule has 1 aromatic heterocycles. The molecule has 2 heterocycles. The van der Waals surface area contributed by atoms with Gasteiger partial charge in [-0.05, 0) is 47.9 Å². The smallest absolute Gasteiger partial charge is 0.256 e. The molecule has 1 saturated heterocycles. The number of amides is 2. The number of thioether (sulfide) groups is 1. The van der Waals surface area contributed by atoms with Gasteiger partial charge in [-0.3, -0.25) is 9.59 Å². The summed E-state index contributed by atoms with van der Waals surface area (Å²) in [5.41, 5.74) is 2.27. The van der Waals surface area contributed by atoms with E-state index in [1.165, 1.54) is 11.8 Å². The van der Waals surface area contributed by atoms with Gasteiger partial charge in [0.1, 0.15) is 0 Å². The lowest BCUT2D eigenvalue weighted by Gasteiger charge is -2.13. The molecule has 0 atom stereocenters. The van der Waals surface area contributed by atoms with Crippen molar-refractivity contribution in [2.75, 3.05) is 24.2 Å². The Kier molecular flexibility index (Phi) is 5.61. The number of hydrogen-bond donors (Lipinski definition) is 1. The highest BCUT2D eigenvalue weighted by Gasteiger charge is 2.18. The Labute approximate surface area is 188 Å². The fourth-order valence-electron chi connectivity index (χ4n) is 3.85. The van der Waals surface area contributed by atoms with E-state index in [1.807, 2.05) is 65.6 Å². The normalized spacial score (nSPS) is 13.7. The summed E-state index contributed by atoms with van der Waals surface area (Å²) >= 11 is 3.04. The van der Waals surface area contributed by atoms with Gasteiger partial charge in [-0.15, -0.1) is 11.3 Å². The number of aromatic nitrogens is 1. The number of thiazole rings is 1. The summed E-state index contributed by atoms with van der Waals surface area (Å²) in [5.74, 6) is 0.473. The van der Waals surface area contributed by atoms with Gasteiger partial charge in [-0.2, -0.15) is 0 Å². The molecule has 1 fully saturated rings. The zero-order chi connectivity index (χ0) is 21.2. The van der Waals surface area contributed by atoms with Crippen LogP contribution in [0, 0.1) is 0 Å². The molecule has 1 N–H and O–H groups in total. The van der Waals surface area contributed by atoms with Crippen LogP contribution in [0.2, 0.25) is 0 Å². The average molecular weight is 448 g/mol. The lowest BCUT2D eigenvalue weighted by molar-refractivity contribution is -0.127.